The highest BCUT2D eigenvalue weighted by atomic mass is 15.2. The van der Waals surface area contributed by atoms with Crippen molar-refractivity contribution in [1.29, 1.82) is 0 Å². The van der Waals surface area contributed by atoms with Crippen molar-refractivity contribution >= 4 is 0 Å². The molecule has 1 saturated heterocycles. The molecule has 2 fully saturated rings. The second-order valence-corrected chi connectivity index (χ2v) is 5.64. The van der Waals surface area contributed by atoms with Crippen molar-refractivity contribution < 1.29 is 0 Å². The zero-order chi connectivity index (χ0) is 10.9. The largest absolute Gasteiger partial charge is 0.310 e. The highest BCUT2D eigenvalue weighted by Gasteiger charge is 2.42. The SMILES string of the molecule is C=C(C)CN1CCCNC(C)(C2CC2)C1. The topological polar surface area (TPSA) is 15.3 Å². The molecule has 2 heteroatoms. The first-order valence-corrected chi connectivity index (χ1v) is 6.22. The average Bonchev–Trinajstić information content (AvgIpc) is 2.91. The summed E-state index contributed by atoms with van der Waals surface area (Å²) in [5, 5.41) is 3.75. The number of rotatable bonds is 3. The summed E-state index contributed by atoms with van der Waals surface area (Å²) in [6, 6.07) is 0. The van der Waals surface area contributed by atoms with Crippen molar-refractivity contribution in [1.82, 2.24) is 10.2 Å². The van der Waals surface area contributed by atoms with Crippen molar-refractivity contribution in [2.75, 3.05) is 26.2 Å². The predicted molar refractivity (Wildman–Crippen MR) is 65.0 cm³/mol. The lowest BCUT2D eigenvalue weighted by molar-refractivity contribution is 0.213. The van der Waals surface area contributed by atoms with Crippen LogP contribution in [0.4, 0.5) is 0 Å². The van der Waals surface area contributed by atoms with E-state index in [0.29, 0.717) is 5.54 Å². The Hall–Kier alpha value is -0.340. The summed E-state index contributed by atoms with van der Waals surface area (Å²) in [5.74, 6) is 0.920. The van der Waals surface area contributed by atoms with Gasteiger partial charge in [0, 0.05) is 18.6 Å². The van der Waals surface area contributed by atoms with E-state index in [1.807, 2.05) is 0 Å². The van der Waals surface area contributed by atoms with Crippen LogP contribution < -0.4 is 5.32 Å². The molecule has 1 saturated carbocycles. The highest BCUT2D eigenvalue weighted by Crippen LogP contribution is 2.40. The van der Waals surface area contributed by atoms with Gasteiger partial charge in [-0.3, -0.25) is 4.90 Å². The number of hydrogen-bond acceptors (Lipinski definition) is 2. The Labute approximate surface area is 93.7 Å². The molecule has 15 heavy (non-hydrogen) atoms. The Kier molecular flexibility index (Phi) is 3.17. The van der Waals surface area contributed by atoms with Crippen LogP contribution >= 0.6 is 0 Å². The van der Waals surface area contributed by atoms with Crippen LogP contribution in [0.3, 0.4) is 0 Å². The van der Waals surface area contributed by atoms with Gasteiger partial charge in [-0.15, -0.1) is 0 Å². The standard InChI is InChI=1S/C13H24N2/c1-11(2)9-15-8-4-7-14-13(3,10-15)12-5-6-12/h12,14H,1,4-10H2,2-3H3. The third-order valence-electron chi connectivity index (χ3n) is 3.70. The molecule has 0 aromatic heterocycles. The van der Waals surface area contributed by atoms with Gasteiger partial charge in [0.25, 0.3) is 0 Å². The number of nitrogens with one attached hydrogen (secondary N) is 1. The lowest BCUT2D eigenvalue weighted by Gasteiger charge is -2.34. The summed E-state index contributed by atoms with van der Waals surface area (Å²) in [6.45, 7) is 13.2. The van der Waals surface area contributed by atoms with Gasteiger partial charge in [-0.05, 0) is 52.1 Å². The van der Waals surface area contributed by atoms with Crippen LogP contribution in [0.15, 0.2) is 12.2 Å². The number of hydrogen-bond donors (Lipinski definition) is 1. The van der Waals surface area contributed by atoms with Gasteiger partial charge in [0.1, 0.15) is 0 Å². The third-order valence-corrected chi connectivity index (χ3v) is 3.70. The maximum absolute atomic E-state index is 4.03. The molecule has 1 aliphatic carbocycles. The minimum absolute atomic E-state index is 0.367. The molecule has 0 aromatic rings. The van der Waals surface area contributed by atoms with Gasteiger partial charge < -0.3 is 5.32 Å². The van der Waals surface area contributed by atoms with Crippen molar-refractivity contribution in [2.24, 2.45) is 5.92 Å². The van der Waals surface area contributed by atoms with E-state index in [9.17, 15) is 0 Å². The molecule has 0 amide bonds. The molecule has 86 valence electrons. The van der Waals surface area contributed by atoms with E-state index in [4.69, 9.17) is 0 Å². The van der Waals surface area contributed by atoms with Crippen molar-refractivity contribution in [3.05, 3.63) is 12.2 Å². The number of nitrogens with zero attached hydrogens (tertiary/aromatic N) is 1. The Morgan fingerprint density at radius 2 is 2.27 bits per heavy atom. The summed E-state index contributed by atoms with van der Waals surface area (Å²) < 4.78 is 0. The average molecular weight is 208 g/mol. The quantitative estimate of drug-likeness (QED) is 0.714. The van der Waals surface area contributed by atoms with E-state index in [1.54, 1.807) is 0 Å². The molecular weight excluding hydrogens is 184 g/mol. The lowest BCUT2D eigenvalue weighted by Crippen LogP contribution is -2.51. The van der Waals surface area contributed by atoms with Gasteiger partial charge >= 0.3 is 0 Å². The fourth-order valence-corrected chi connectivity index (χ4v) is 2.79. The van der Waals surface area contributed by atoms with E-state index in [2.05, 4.69) is 30.6 Å². The molecular formula is C13H24N2. The normalized spacial score (nSPS) is 33.7. The van der Waals surface area contributed by atoms with Gasteiger partial charge in [-0.2, -0.15) is 0 Å². The first-order chi connectivity index (χ1) is 7.10. The lowest BCUT2D eigenvalue weighted by atomic mass is 9.95. The Morgan fingerprint density at radius 1 is 1.53 bits per heavy atom. The van der Waals surface area contributed by atoms with Gasteiger partial charge in [-0.1, -0.05) is 12.2 Å². The van der Waals surface area contributed by atoms with E-state index < -0.39 is 0 Å². The summed E-state index contributed by atoms with van der Waals surface area (Å²) in [4.78, 5) is 2.57. The third kappa shape index (κ3) is 2.82. The molecule has 0 spiro atoms. The van der Waals surface area contributed by atoms with Crippen LogP contribution in [-0.4, -0.2) is 36.6 Å². The van der Waals surface area contributed by atoms with Crippen LogP contribution in [-0.2, 0) is 0 Å². The van der Waals surface area contributed by atoms with E-state index in [0.717, 1.165) is 12.5 Å². The van der Waals surface area contributed by atoms with Gasteiger partial charge in [0.05, 0.1) is 0 Å². The molecule has 1 heterocycles. The summed E-state index contributed by atoms with van der Waals surface area (Å²) >= 11 is 0. The summed E-state index contributed by atoms with van der Waals surface area (Å²) in [6.07, 6.45) is 4.12. The maximum Gasteiger partial charge on any atom is 0.0308 e. The summed E-state index contributed by atoms with van der Waals surface area (Å²) in [7, 11) is 0. The molecule has 1 N–H and O–H groups in total. The Morgan fingerprint density at radius 3 is 2.87 bits per heavy atom. The van der Waals surface area contributed by atoms with Crippen molar-refractivity contribution in [3.63, 3.8) is 0 Å². The maximum atomic E-state index is 4.03. The second-order valence-electron chi connectivity index (χ2n) is 5.64. The minimum atomic E-state index is 0.367. The molecule has 2 rings (SSSR count). The predicted octanol–water partition coefficient (Wildman–Crippen LogP) is 2.03. The van der Waals surface area contributed by atoms with Crippen molar-refractivity contribution in [2.45, 2.75) is 38.6 Å². The van der Waals surface area contributed by atoms with Crippen LogP contribution in [0.5, 0.6) is 0 Å². The van der Waals surface area contributed by atoms with E-state index in [1.165, 1.54) is 44.5 Å². The highest BCUT2D eigenvalue weighted by molar-refractivity contribution is 5.03. The van der Waals surface area contributed by atoms with Crippen LogP contribution in [0.25, 0.3) is 0 Å². The molecule has 0 bridgehead atoms. The van der Waals surface area contributed by atoms with Crippen molar-refractivity contribution in [3.8, 4) is 0 Å². The van der Waals surface area contributed by atoms with Gasteiger partial charge in [-0.25, -0.2) is 0 Å². The van der Waals surface area contributed by atoms with E-state index >= 15 is 0 Å². The fourth-order valence-electron chi connectivity index (χ4n) is 2.79. The van der Waals surface area contributed by atoms with Gasteiger partial charge in [0.15, 0.2) is 0 Å². The van der Waals surface area contributed by atoms with Crippen LogP contribution in [0, 0.1) is 5.92 Å². The first-order valence-electron chi connectivity index (χ1n) is 6.22. The fraction of sp³-hybridized carbons (Fsp3) is 0.846. The monoisotopic (exact) mass is 208 g/mol. The zero-order valence-electron chi connectivity index (χ0n) is 10.2. The smallest absolute Gasteiger partial charge is 0.0308 e. The molecule has 1 unspecified atom stereocenters. The Bertz CT molecular complexity index is 245. The molecule has 2 aliphatic rings. The Balaban J connectivity index is 1.98. The first kappa shape index (κ1) is 11.2. The summed E-state index contributed by atoms with van der Waals surface area (Å²) in [5.41, 5.74) is 1.65. The minimum Gasteiger partial charge on any atom is -0.310 e. The van der Waals surface area contributed by atoms with E-state index in [-0.39, 0.29) is 0 Å². The molecule has 0 radical (unpaired) electrons. The van der Waals surface area contributed by atoms with Gasteiger partial charge in [0.2, 0.25) is 0 Å². The molecule has 2 nitrogen and oxygen atoms in total. The zero-order valence-corrected chi connectivity index (χ0v) is 10.2. The van der Waals surface area contributed by atoms with Crippen LogP contribution in [0.2, 0.25) is 0 Å². The molecule has 1 atom stereocenters. The second kappa shape index (κ2) is 4.26. The molecule has 0 aromatic carbocycles. The molecule has 1 aliphatic heterocycles. The van der Waals surface area contributed by atoms with Crippen LogP contribution in [0.1, 0.15) is 33.1 Å².